The number of benzene rings is 1. The van der Waals surface area contributed by atoms with E-state index in [1.807, 2.05) is 0 Å². The van der Waals surface area contributed by atoms with Crippen molar-refractivity contribution >= 4 is 17.6 Å². The molecule has 0 aliphatic heterocycles. The minimum Gasteiger partial charge on any atom is -0.478 e. The predicted octanol–water partition coefficient (Wildman–Crippen LogP) is 0.187. The fourth-order valence-electron chi connectivity index (χ4n) is 1.57. The summed E-state index contributed by atoms with van der Waals surface area (Å²) >= 11 is 0. The third-order valence-corrected chi connectivity index (χ3v) is 2.50. The Labute approximate surface area is 114 Å². The summed E-state index contributed by atoms with van der Waals surface area (Å²) in [6.45, 7) is 0.861. The van der Waals surface area contributed by atoms with Crippen LogP contribution in [0.25, 0.3) is 0 Å². The second-order valence-corrected chi connectivity index (χ2v) is 4.00. The van der Waals surface area contributed by atoms with Crippen LogP contribution in [0.2, 0.25) is 0 Å². The Kier molecular flexibility index (Phi) is 4.06. The lowest BCUT2D eigenvalue weighted by molar-refractivity contribution is 0.0696. The molecule has 0 bridgehead atoms. The smallest absolute Gasteiger partial charge is 0.335 e. The van der Waals surface area contributed by atoms with Gasteiger partial charge in [-0.25, -0.2) is 4.79 Å². The Balaban J connectivity index is 2.10. The van der Waals surface area contributed by atoms with E-state index in [1.165, 1.54) is 23.0 Å². The van der Waals surface area contributed by atoms with Crippen LogP contribution in [0.1, 0.15) is 20.8 Å². The molecule has 0 aliphatic rings. The first-order valence-corrected chi connectivity index (χ1v) is 5.85. The topological polar surface area (TPSA) is 123 Å². The average molecular weight is 275 g/mol. The van der Waals surface area contributed by atoms with Gasteiger partial charge in [0, 0.05) is 12.2 Å². The van der Waals surface area contributed by atoms with E-state index in [2.05, 4.69) is 15.6 Å². The lowest BCUT2D eigenvalue weighted by atomic mass is 10.2. The molecule has 0 saturated heterocycles. The Morgan fingerprint density at radius 3 is 2.90 bits per heavy atom. The molecule has 0 saturated carbocycles. The van der Waals surface area contributed by atoms with Crippen molar-refractivity contribution in [1.29, 1.82) is 0 Å². The van der Waals surface area contributed by atoms with Gasteiger partial charge in [-0.05, 0) is 18.2 Å². The first-order valence-electron chi connectivity index (χ1n) is 5.85. The van der Waals surface area contributed by atoms with Crippen molar-refractivity contribution in [2.45, 2.75) is 6.54 Å². The number of aromatic carboxylic acids is 1. The lowest BCUT2D eigenvalue weighted by Gasteiger charge is -2.03. The van der Waals surface area contributed by atoms with Gasteiger partial charge in [-0.1, -0.05) is 11.3 Å². The highest BCUT2D eigenvalue weighted by Crippen LogP contribution is 2.11. The number of amides is 1. The van der Waals surface area contributed by atoms with Crippen LogP contribution in [-0.2, 0) is 6.54 Å². The summed E-state index contributed by atoms with van der Waals surface area (Å²) in [5.74, 6) is -1.52. The van der Waals surface area contributed by atoms with E-state index in [9.17, 15) is 9.59 Å². The molecule has 4 N–H and O–H groups in total. The number of carbonyl (C=O) groups is 2. The number of anilines is 1. The van der Waals surface area contributed by atoms with Crippen molar-refractivity contribution in [2.75, 3.05) is 11.9 Å². The van der Waals surface area contributed by atoms with Crippen LogP contribution in [-0.4, -0.2) is 38.5 Å². The second-order valence-electron chi connectivity index (χ2n) is 4.00. The number of nitrogens with one attached hydrogen (secondary N) is 1. The third kappa shape index (κ3) is 3.18. The van der Waals surface area contributed by atoms with E-state index >= 15 is 0 Å². The van der Waals surface area contributed by atoms with E-state index in [-0.39, 0.29) is 11.3 Å². The molecule has 8 nitrogen and oxygen atoms in total. The van der Waals surface area contributed by atoms with Crippen molar-refractivity contribution in [3.05, 3.63) is 41.7 Å². The summed E-state index contributed by atoms with van der Waals surface area (Å²) in [4.78, 5) is 22.7. The van der Waals surface area contributed by atoms with Gasteiger partial charge in [-0.15, -0.1) is 5.10 Å². The number of carboxylic acids is 1. The summed E-state index contributed by atoms with van der Waals surface area (Å²) in [7, 11) is 0. The van der Waals surface area contributed by atoms with Gasteiger partial charge in [0.2, 0.25) is 0 Å². The molecule has 1 aromatic carbocycles. The molecule has 1 amide bonds. The molecule has 0 atom stereocenters. The molecule has 104 valence electrons. The van der Waals surface area contributed by atoms with Crippen LogP contribution in [0.3, 0.4) is 0 Å². The largest absolute Gasteiger partial charge is 0.478 e. The van der Waals surface area contributed by atoms with Crippen LogP contribution >= 0.6 is 0 Å². The molecule has 0 aliphatic carbocycles. The standard InChI is InChI=1S/C12H13N5O3/c13-4-5-17-7-10(15-16-17)11(18)14-9-3-1-2-8(6-9)12(19)20/h1-3,6-7H,4-5,13H2,(H,14,18)(H,19,20). The molecule has 1 heterocycles. The van der Waals surface area contributed by atoms with Crippen molar-refractivity contribution < 1.29 is 14.7 Å². The van der Waals surface area contributed by atoms with Gasteiger partial charge in [0.05, 0.1) is 18.3 Å². The normalized spacial score (nSPS) is 10.2. The number of rotatable bonds is 5. The van der Waals surface area contributed by atoms with E-state index in [1.54, 1.807) is 12.1 Å². The van der Waals surface area contributed by atoms with Gasteiger partial charge in [0.1, 0.15) is 0 Å². The van der Waals surface area contributed by atoms with Crippen LogP contribution in [0, 0.1) is 0 Å². The minimum absolute atomic E-state index is 0.0922. The molecule has 8 heteroatoms. The molecule has 1 aromatic heterocycles. The highest BCUT2D eigenvalue weighted by atomic mass is 16.4. The van der Waals surface area contributed by atoms with E-state index in [0.29, 0.717) is 18.8 Å². The number of hydrogen-bond acceptors (Lipinski definition) is 5. The van der Waals surface area contributed by atoms with Gasteiger partial charge in [-0.2, -0.15) is 0 Å². The maximum absolute atomic E-state index is 11.9. The number of nitrogens with zero attached hydrogens (tertiary/aromatic N) is 3. The maximum atomic E-state index is 11.9. The molecular weight excluding hydrogens is 262 g/mol. The summed E-state index contributed by atoms with van der Waals surface area (Å²) in [5.41, 5.74) is 5.98. The predicted molar refractivity (Wildman–Crippen MR) is 70.4 cm³/mol. The van der Waals surface area contributed by atoms with Crippen LogP contribution in [0.4, 0.5) is 5.69 Å². The Morgan fingerprint density at radius 2 is 2.20 bits per heavy atom. The molecule has 0 spiro atoms. The summed E-state index contributed by atoms with van der Waals surface area (Å²) in [5, 5.41) is 18.9. The first kappa shape index (κ1) is 13.7. The molecule has 20 heavy (non-hydrogen) atoms. The Bertz CT molecular complexity index is 638. The number of hydrogen-bond donors (Lipinski definition) is 3. The van der Waals surface area contributed by atoms with E-state index in [4.69, 9.17) is 10.8 Å². The zero-order valence-corrected chi connectivity index (χ0v) is 10.5. The zero-order valence-electron chi connectivity index (χ0n) is 10.5. The third-order valence-electron chi connectivity index (χ3n) is 2.50. The van der Waals surface area contributed by atoms with Gasteiger partial charge < -0.3 is 16.2 Å². The SMILES string of the molecule is NCCn1cc(C(=O)Nc2cccc(C(=O)O)c2)nn1. The lowest BCUT2D eigenvalue weighted by Crippen LogP contribution is -2.13. The zero-order chi connectivity index (χ0) is 14.5. The van der Waals surface area contributed by atoms with Crippen LogP contribution < -0.4 is 11.1 Å². The van der Waals surface area contributed by atoms with Gasteiger partial charge in [-0.3, -0.25) is 9.48 Å². The van der Waals surface area contributed by atoms with E-state index in [0.717, 1.165) is 0 Å². The molecule has 2 aromatic rings. The van der Waals surface area contributed by atoms with Gasteiger partial charge >= 0.3 is 5.97 Å². The summed E-state index contributed by atoms with van der Waals surface area (Å²) in [6.07, 6.45) is 1.48. The Morgan fingerprint density at radius 1 is 1.40 bits per heavy atom. The average Bonchev–Trinajstić information content (AvgIpc) is 2.88. The molecular formula is C12H13N5O3. The highest BCUT2D eigenvalue weighted by molar-refractivity contribution is 6.03. The van der Waals surface area contributed by atoms with Crippen LogP contribution in [0.15, 0.2) is 30.5 Å². The number of aromatic nitrogens is 3. The first-order chi connectivity index (χ1) is 9.60. The fraction of sp³-hybridized carbons (Fsp3) is 0.167. The number of carboxylic acid groups (broad SMARTS) is 1. The monoisotopic (exact) mass is 275 g/mol. The van der Waals surface area contributed by atoms with Crippen molar-refractivity contribution in [3.63, 3.8) is 0 Å². The summed E-state index contributed by atoms with van der Waals surface area (Å²) < 4.78 is 1.46. The fourth-order valence-corrected chi connectivity index (χ4v) is 1.57. The molecule has 0 unspecified atom stereocenters. The number of nitrogens with two attached hydrogens (primary N) is 1. The number of carbonyl (C=O) groups excluding carboxylic acids is 1. The van der Waals surface area contributed by atoms with Gasteiger partial charge in [0.25, 0.3) is 5.91 Å². The minimum atomic E-state index is -1.06. The molecule has 2 rings (SSSR count). The van der Waals surface area contributed by atoms with Crippen molar-refractivity contribution in [2.24, 2.45) is 5.73 Å². The second kappa shape index (κ2) is 5.93. The highest BCUT2D eigenvalue weighted by Gasteiger charge is 2.12. The van der Waals surface area contributed by atoms with Crippen molar-refractivity contribution in [3.8, 4) is 0 Å². The Hall–Kier alpha value is -2.74. The summed E-state index contributed by atoms with van der Waals surface area (Å²) in [6, 6.07) is 5.94. The quantitative estimate of drug-likeness (QED) is 0.715. The molecule has 0 radical (unpaired) electrons. The van der Waals surface area contributed by atoms with Gasteiger partial charge in [0.15, 0.2) is 5.69 Å². The molecule has 0 fully saturated rings. The maximum Gasteiger partial charge on any atom is 0.335 e. The van der Waals surface area contributed by atoms with Crippen LogP contribution in [0.5, 0.6) is 0 Å². The van der Waals surface area contributed by atoms with Crippen molar-refractivity contribution in [1.82, 2.24) is 15.0 Å². The van der Waals surface area contributed by atoms with E-state index < -0.39 is 11.9 Å².